The van der Waals surface area contributed by atoms with Gasteiger partial charge < -0.3 is 20.5 Å². The molecule has 38 heavy (non-hydrogen) atoms. The van der Waals surface area contributed by atoms with Gasteiger partial charge in [0.1, 0.15) is 23.2 Å². The predicted molar refractivity (Wildman–Crippen MR) is 145 cm³/mol. The summed E-state index contributed by atoms with van der Waals surface area (Å²) in [5.41, 5.74) is 10.7. The number of aryl methyl sites for hydroxylation is 1. The van der Waals surface area contributed by atoms with Crippen LogP contribution in [0.4, 0.5) is 15.9 Å². The number of hydrogen-bond donors (Lipinski definition) is 2. The Hall–Kier alpha value is -4.46. The Morgan fingerprint density at radius 1 is 1.03 bits per heavy atom. The molecule has 3 aromatic carbocycles. The topological polar surface area (TPSA) is 93.2 Å². The van der Waals surface area contributed by atoms with Gasteiger partial charge in [-0.05, 0) is 61.4 Å². The maximum Gasteiger partial charge on any atom is 0.227 e. The van der Waals surface area contributed by atoms with Gasteiger partial charge in [0, 0.05) is 24.3 Å². The number of anilines is 2. The fraction of sp³-hybridized carbons (Fsp3) is 0.233. The number of fused-ring (bicyclic) bond motifs is 1. The summed E-state index contributed by atoms with van der Waals surface area (Å²) in [5, 5.41) is 3.49. The zero-order valence-electron chi connectivity index (χ0n) is 21.4. The highest BCUT2D eigenvalue weighted by atomic mass is 19.1. The van der Waals surface area contributed by atoms with Gasteiger partial charge in [0.05, 0.1) is 18.9 Å². The van der Waals surface area contributed by atoms with Crippen molar-refractivity contribution in [3.8, 4) is 11.3 Å². The smallest absolute Gasteiger partial charge is 0.227 e. The van der Waals surface area contributed by atoms with Crippen LogP contribution in [-0.4, -0.2) is 32.8 Å². The molecule has 1 aliphatic rings. The lowest BCUT2D eigenvalue weighted by atomic mass is 9.93. The number of primary amides is 1. The monoisotopic (exact) mass is 511 g/mol. The average Bonchev–Trinajstić information content (AvgIpc) is 3.27. The molecule has 1 aromatic heterocycles. The van der Waals surface area contributed by atoms with E-state index in [9.17, 15) is 14.0 Å². The van der Waals surface area contributed by atoms with Crippen LogP contribution in [0.5, 0.6) is 0 Å². The van der Waals surface area contributed by atoms with Gasteiger partial charge >= 0.3 is 0 Å². The molecular weight excluding hydrogens is 481 g/mol. The molecule has 0 spiro atoms. The minimum absolute atomic E-state index is 0.0419. The molecule has 2 amide bonds. The van der Waals surface area contributed by atoms with Crippen molar-refractivity contribution in [1.82, 2.24) is 14.5 Å². The third-order valence-electron chi connectivity index (χ3n) is 7.05. The maximum absolute atomic E-state index is 13.6. The molecule has 194 valence electrons. The summed E-state index contributed by atoms with van der Waals surface area (Å²) in [4.78, 5) is 31.8. The van der Waals surface area contributed by atoms with Crippen molar-refractivity contribution < 1.29 is 14.0 Å². The Kier molecular flexibility index (Phi) is 6.96. The van der Waals surface area contributed by atoms with Gasteiger partial charge in [0.2, 0.25) is 11.8 Å². The Balaban J connectivity index is 1.43. The SMILES string of the molecule is Cc1ccc(Nc2c(-c3ccc(F)cc3)nc3n2CCN(C(=O)Cc2ccccc2C(C)C(N)=O)C3)cc1. The Morgan fingerprint density at radius 3 is 2.45 bits per heavy atom. The third-order valence-corrected chi connectivity index (χ3v) is 7.05. The number of benzene rings is 3. The van der Waals surface area contributed by atoms with E-state index in [-0.39, 0.29) is 18.1 Å². The number of amides is 2. The highest BCUT2D eigenvalue weighted by molar-refractivity contribution is 5.84. The summed E-state index contributed by atoms with van der Waals surface area (Å²) in [6.45, 7) is 5.20. The molecule has 3 N–H and O–H groups in total. The van der Waals surface area contributed by atoms with Crippen molar-refractivity contribution >= 4 is 23.3 Å². The quantitative estimate of drug-likeness (QED) is 0.369. The molecule has 0 saturated carbocycles. The minimum atomic E-state index is -0.479. The first-order chi connectivity index (χ1) is 18.3. The van der Waals surface area contributed by atoms with Crippen LogP contribution in [0.25, 0.3) is 11.3 Å². The molecule has 4 aromatic rings. The third kappa shape index (κ3) is 5.16. The first-order valence-electron chi connectivity index (χ1n) is 12.6. The van der Waals surface area contributed by atoms with Crippen molar-refractivity contribution in [2.24, 2.45) is 5.73 Å². The molecule has 0 saturated heterocycles. The van der Waals surface area contributed by atoms with Crippen LogP contribution in [0.1, 0.15) is 35.4 Å². The zero-order valence-corrected chi connectivity index (χ0v) is 21.4. The number of nitrogens with two attached hydrogens (primary N) is 1. The van der Waals surface area contributed by atoms with Crippen LogP contribution in [0.2, 0.25) is 0 Å². The lowest BCUT2D eigenvalue weighted by molar-refractivity contribution is -0.132. The molecule has 0 fully saturated rings. The van der Waals surface area contributed by atoms with Gasteiger partial charge in [-0.15, -0.1) is 0 Å². The Bertz CT molecular complexity index is 1480. The number of carbonyl (C=O) groups excluding carboxylic acids is 2. The molecule has 5 rings (SSSR count). The van der Waals surface area contributed by atoms with Gasteiger partial charge in [0.25, 0.3) is 0 Å². The molecule has 0 aliphatic carbocycles. The summed E-state index contributed by atoms with van der Waals surface area (Å²) in [6.07, 6.45) is 0.174. The predicted octanol–water partition coefficient (Wildman–Crippen LogP) is 4.91. The summed E-state index contributed by atoms with van der Waals surface area (Å²) < 4.78 is 15.7. The Morgan fingerprint density at radius 2 is 1.74 bits per heavy atom. The van der Waals surface area contributed by atoms with Crippen LogP contribution in [0.15, 0.2) is 72.8 Å². The van der Waals surface area contributed by atoms with Crippen LogP contribution in [-0.2, 0) is 29.1 Å². The highest BCUT2D eigenvalue weighted by Gasteiger charge is 2.28. The number of halogens is 1. The molecule has 1 atom stereocenters. The first kappa shape index (κ1) is 25.2. The van der Waals surface area contributed by atoms with Gasteiger partial charge in [-0.2, -0.15) is 0 Å². The first-order valence-corrected chi connectivity index (χ1v) is 12.6. The van der Waals surface area contributed by atoms with Gasteiger partial charge in [-0.1, -0.05) is 42.0 Å². The maximum atomic E-state index is 13.6. The second-order valence-corrected chi connectivity index (χ2v) is 9.69. The number of carbonyl (C=O) groups is 2. The van der Waals surface area contributed by atoms with E-state index < -0.39 is 11.8 Å². The van der Waals surface area contributed by atoms with E-state index in [0.29, 0.717) is 25.3 Å². The lowest BCUT2D eigenvalue weighted by Gasteiger charge is -2.29. The highest BCUT2D eigenvalue weighted by Crippen LogP contribution is 2.33. The molecule has 0 bridgehead atoms. The molecular formula is C30H30FN5O2. The number of nitrogens with one attached hydrogen (secondary N) is 1. The van der Waals surface area contributed by atoms with Gasteiger partial charge in [-0.3, -0.25) is 9.59 Å². The van der Waals surface area contributed by atoms with E-state index in [4.69, 9.17) is 10.7 Å². The number of rotatable bonds is 7. The summed E-state index contributed by atoms with van der Waals surface area (Å²) in [7, 11) is 0. The van der Waals surface area contributed by atoms with Crippen molar-refractivity contribution in [2.75, 3.05) is 11.9 Å². The molecule has 7 nitrogen and oxygen atoms in total. The van der Waals surface area contributed by atoms with E-state index >= 15 is 0 Å². The zero-order chi connectivity index (χ0) is 26.8. The fourth-order valence-electron chi connectivity index (χ4n) is 4.80. The van der Waals surface area contributed by atoms with Crippen LogP contribution < -0.4 is 11.1 Å². The van der Waals surface area contributed by atoms with Gasteiger partial charge in [-0.25, -0.2) is 9.37 Å². The molecule has 0 radical (unpaired) electrons. The number of nitrogens with zero attached hydrogens (tertiary/aromatic N) is 3. The standard InChI is InChI=1S/C30H30FN5O2/c1-19-7-13-24(14-8-19)33-30-28(21-9-11-23(31)12-10-21)34-26-18-35(15-16-36(26)30)27(37)17-22-5-3-4-6-25(22)20(2)29(32)38/h3-14,20,33H,15-18H2,1-2H3,(H2,32,38). The van der Waals surface area contributed by atoms with E-state index in [0.717, 1.165) is 39.6 Å². The average molecular weight is 512 g/mol. The Labute approximate surface area is 221 Å². The summed E-state index contributed by atoms with van der Waals surface area (Å²) >= 11 is 0. The molecule has 2 heterocycles. The van der Waals surface area contributed by atoms with Crippen molar-refractivity contribution in [3.05, 3.63) is 101 Å². The second-order valence-electron chi connectivity index (χ2n) is 9.69. The normalized spacial score (nSPS) is 13.6. The van der Waals surface area contributed by atoms with E-state index in [1.807, 2.05) is 55.5 Å². The van der Waals surface area contributed by atoms with Crippen LogP contribution in [0.3, 0.4) is 0 Å². The largest absolute Gasteiger partial charge is 0.369 e. The van der Waals surface area contributed by atoms with Crippen LogP contribution in [0, 0.1) is 12.7 Å². The van der Waals surface area contributed by atoms with E-state index in [1.54, 1.807) is 24.0 Å². The number of imidazole rings is 1. The van der Waals surface area contributed by atoms with Crippen molar-refractivity contribution in [1.29, 1.82) is 0 Å². The number of hydrogen-bond acceptors (Lipinski definition) is 4. The minimum Gasteiger partial charge on any atom is -0.369 e. The number of aromatic nitrogens is 2. The van der Waals surface area contributed by atoms with Gasteiger partial charge in [0.15, 0.2) is 0 Å². The van der Waals surface area contributed by atoms with Crippen molar-refractivity contribution in [3.63, 3.8) is 0 Å². The van der Waals surface area contributed by atoms with Crippen molar-refractivity contribution in [2.45, 2.75) is 39.3 Å². The molecule has 1 aliphatic heterocycles. The molecule has 1 unspecified atom stereocenters. The van der Waals surface area contributed by atoms with E-state index in [2.05, 4.69) is 9.88 Å². The van der Waals surface area contributed by atoms with E-state index in [1.165, 1.54) is 12.1 Å². The summed E-state index contributed by atoms with van der Waals surface area (Å²) in [5.74, 6) is 0.300. The summed E-state index contributed by atoms with van der Waals surface area (Å²) in [6, 6.07) is 21.8. The second kappa shape index (κ2) is 10.5. The lowest BCUT2D eigenvalue weighted by Crippen LogP contribution is -2.39. The van der Waals surface area contributed by atoms with Crippen LogP contribution >= 0.6 is 0 Å². The molecule has 8 heteroatoms. The fourth-order valence-corrected chi connectivity index (χ4v) is 4.80.